The zero-order valence-electron chi connectivity index (χ0n) is 20.3. The van der Waals surface area contributed by atoms with Gasteiger partial charge in [-0.25, -0.2) is 9.78 Å². The van der Waals surface area contributed by atoms with Crippen molar-refractivity contribution in [3.8, 4) is 0 Å². The highest BCUT2D eigenvalue weighted by Gasteiger charge is 2.24. The van der Waals surface area contributed by atoms with Crippen molar-refractivity contribution >= 4 is 23.5 Å². The molecule has 0 bridgehead atoms. The van der Waals surface area contributed by atoms with Crippen LogP contribution in [0.1, 0.15) is 62.3 Å². The fourth-order valence-corrected chi connectivity index (χ4v) is 5.06. The number of para-hydroxylation sites is 1. The van der Waals surface area contributed by atoms with Crippen LogP contribution in [0.5, 0.6) is 0 Å². The van der Waals surface area contributed by atoms with Crippen molar-refractivity contribution in [1.82, 2.24) is 15.3 Å². The van der Waals surface area contributed by atoms with Gasteiger partial charge < -0.3 is 20.9 Å². The fraction of sp³-hybridized carbons (Fsp3) is 0.577. The Bertz CT molecular complexity index is 952. The molecule has 2 aliphatic rings. The number of urea groups is 1. The number of amides is 2. The lowest BCUT2D eigenvalue weighted by atomic mass is 9.86. The van der Waals surface area contributed by atoms with Crippen LogP contribution in [-0.4, -0.2) is 42.7 Å². The number of carbonyl (C=O) groups is 1. The zero-order valence-corrected chi connectivity index (χ0v) is 20.3. The summed E-state index contributed by atoms with van der Waals surface area (Å²) >= 11 is 0. The Morgan fingerprint density at radius 3 is 2.58 bits per heavy atom. The van der Waals surface area contributed by atoms with Gasteiger partial charge in [0.25, 0.3) is 0 Å². The minimum absolute atomic E-state index is 0.116. The van der Waals surface area contributed by atoms with E-state index < -0.39 is 0 Å². The summed E-state index contributed by atoms with van der Waals surface area (Å²) < 4.78 is 0. The maximum Gasteiger partial charge on any atom is 0.319 e. The molecule has 1 aromatic heterocycles. The number of carbonyl (C=O) groups excluding carboxylic acids is 1. The molecule has 33 heavy (non-hydrogen) atoms. The van der Waals surface area contributed by atoms with Gasteiger partial charge in [-0.1, -0.05) is 25.1 Å². The first-order valence-electron chi connectivity index (χ1n) is 12.5. The number of aryl methyl sites for hydroxylation is 2. The van der Waals surface area contributed by atoms with Crippen LogP contribution in [0.25, 0.3) is 0 Å². The predicted octanol–water partition coefficient (Wildman–Crippen LogP) is 4.78. The number of nitrogens with zero attached hydrogens (tertiary/aromatic N) is 3. The monoisotopic (exact) mass is 450 g/mol. The molecule has 0 atom stereocenters. The summed E-state index contributed by atoms with van der Waals surface area (Å²) in [7, 11) is 4.13. The molecule has 0 radical (unpaired) electrons. The first-order valence-corrected chi connectivity index (χ1v) is 12.5. The quantitative estimate of drug-likeness (QED) is 0.566. The van der Waals surface area contributed by atoms with Gasteiger partial charge in [0.05, 0.1) is 5.69 Å². The molecular formula is C26H38N6O. The Hall–Kier alpha value is -2.83. The Balaban J connectivity index is 1.26. The van der Waals surface area contributed by atoms with Crippen molar-refractivity contribution in [1.29, 1.82) is 0 Å². The molecule has 2 aliphatic carbocycles. The lowest BCUT2D eigenvalue weighted by Gasteiger charge is -2.30. The maximum absolute atomic E-state index is 12.4. The number of hydrogen-bond donors (Lipinski definition) is 3. The molecule has 1 saturated carbocycles. The van der Waals surface area contributed by atoms with E-state index in [0.717, 1.165) is 68.0 Å². The number of anilines is 3. The predicted molar refractivity (Wildman–Crippen MR) is 135 cm³/mol. The number of nitrogens with one attached hydrogen (secondary N) is 3. The van der Waals surface area contributed by atoms with Gasteiger partial charge in [-0.05, 0) is 75.3 Å². The second-order valence-electron chi connectivity index (χ2n) is 9.61. The maximum atomic E-state index is 12.4. The third-order valence-corrected chi connectivity index (χ3v) is 6.96. The van der Waals surface area contributed by atoms with Crippen LogP contribution in [0.3, 0.4) is 0 Å². The van der Waals surface area contributed by atoms with Crippen LogP contribution in [0.4, 0.5) is 22.2 Å². The van der Waals surface area contributed by atoms with E-state index in [-0.39, 0.29) is 6.03 Å². The van der Waals surface area contributed by atoms with E-state index in [1.807, 2.05) is 18.2 Å². The minimum Gasteiger partial charge on any atom is -0.362 e. The van der Waals surface area contributed by atoms with E-state index >= 15 is 0 Å². The normalized spacial score (nSPS) is 20.0. The average molecular weight is 451 g/mol. The molecule has 1 heterocycles. The number of fused-ring (bicyclic) bond motifs is 1. The molecule has 3 N–H and O–H groups in total. The summed E-state index contributed by atoms with van der Waals surface area (Å²) in [6.07, 6.45) is 9.81. The van der Waals surface area contributed by atoms with Gasteiger partial charge in [0, 0.05) is 37.9 Å². The van der Waals surface area contributed by atoms with E-state index in [4.69, 9.17) is 9.97 Å². The largest absolute Gasteiger partial charge is 0.362 e. The molecule has 0 spiro atoms. The highest BCUT2D eigenvalue weighted by Crippen LogP contribution is 2.30. The van der Waals surface area contributed by atoms with Crippen molar-refractivity contribution in [2.24, 2.45) is 5.92 Å². The average Bonchev–Trinajstić information content (AvgIpc) is 2.83. The molecule has 4 rings (SSSR count). The van der Waals surface area contributed by atoms with Crippen molar-refractivity contribution in [3.05, 3.63) is 41.1 Å². The van der Waals surface area contributed by atoms with Gasteiger partial charge >= 0.3 is 6.03 Å². The van der Waals surface area contributed by atoms with E-state index in [1.165, 1.54) is 24.1 Å². The van der Waals surface area contributed by atoms with Gasteiger partial charge in [0.1, 0.15) is 5.82 Å². The van der Waals surface area contributed by atoms with Crippen LogP contribution < -0.4 is 20.9 Å². The molecule has 2 aromatic rings. The zero-order chi connectivity index (χ0) is 23.2. The van der Waals surface area contributed by atoms with Crippen molar-refractivity contribution in [2.45, 2.75) is 70.8 Å². The number of aromatic nitrogens is 2. The molecular weight excluding hydrogens is 412 g/mol. The van der Waals surface area contributed by atoms with Crippen LogP contribution in [0, 0.1) is 5.92 Å². The van der Waals surface area contributed by atoms with Crippen molar-refractivity contribution in [2.75, 3.05) is 36.2 Å². The van der Waals surface area contributed by atoms with E-state index in [0.29, 0.717) is 18.5 Å². The minimum atomic E-state index is -0.116. The van der Waals surface area contributed by atoms with Gasteiger partial charge in [0.15, 0.2) is 0 Å². The Labute approximate surface area is 197 Å². The third kappa shape index (κ3) is 5.95. The summed E-state index contributed by atoms with van der Waals surface area (Å²) in [5, 5.41) is 9.68. The number of rotatable bonds is 7. The molecule has 0 aliphatic heterocycles. The van der Waals surface area contributed by atoms with Crippen LogP contribution in [-0.2, 0) is 19.3 Å². The first kappa shape index (κ1) is 23.3. The molecule has 1 aromatic carbocycles. The molecule has 1 fully saturated rings. The highest BCUT2D eigenvalue weighted by molar-refractivity contribution is 5.90. The number of hydrogen-bond acceptors (Lipinski definition) is 5. The van der Waals surface area contributed by atoms with Gasteiger partial charge in [-0.3, -0.25) is 0 Å². The Morgan fingerprint density at radius 2 is 1.82 bits per heavy atom. The van der Waals surface area contributed by atoms with Crippen molar-refractivity contribution in [3.63, 3.8) is 0 Å². The summed E-state index contributed by atoms with van der Waals surface area (Å²) in [4.78, 5) is 24.2. The van der Waals surface area contributed by atoms with Crippen LogP contribution >= 0.6 is 0 Å². The SMILES string of the molecule is CCc1ccccc1NC(=O)NC[C@H]1CC[C@@H](Nc2nc3c(c(N(C)C)n2)CCCC3)CC1. The Morgan fingerprint density at radius 1 is 1.06 bits per heavy atom. The van der Waals surface area contributed by atoms with Gasteiger partial charge in [-0.15, -0.1) is 0 Å². The lowest BCUT2D eigenvalue weighted by molar-refractivity contribution is 0.246. The topological polar surface area (TPSA) is 82.2 Å². The third-order valence-electron chi connectivity index (χ3n) is 6.96. The Kier molecular flexibility index (Phi) is 7.68. The standard InChI is InChI=1S/C26H38N6O/c1-4-19-9-5-7-11-22(19)30-26(33)27-17-18-13-15-20(16-14-18)28-25-29-23-12-8-6-10-21(23)24(31-25)32(2)3/h5,7,9,11,18,20H,4,6,8,10,12-17H2,1-3H3,(H2,27,30,33)(H,28,29,31)/t18-,20+. The first-order chi connectivity index (χ1) is 16.0. The summed E-state index contributed by atoms with van der Waals surface area (Å²) in [5.41, 5.74) is 4.59. The van der Waals surface area contributed by atoms with Gasteiger partial charge in [-0.2, -0.15) is 4.98 Å². The smallest absolute Gasteiger partial charge is 0.319 e. The summed E-state index contributed by atoms with van der Waals surface area (Å²) in [6.45, 7) is 2.81. The summed E-state index contributed by atoms with van der Waals surface area (Å²) in [6, 6.07) is 8.25. The lowest BCUT2D eigenvalue weighted by Crippen LogP contribution is -2.36. The molecule has 7 nitrogen and oxygen atoms in total. The summed E-state index contributed by atoms with van der Waals surface area (Å²) in [5.74, 6) is 2.35. The van der Waals surface area contributed by atoms with Crippen molar-refractivity contribution < 1.29 is 4.79 Å². The molecule has 2 amide bonds. The van der Waals surface area contributed by atoms with E-state index in [1.54, 1.807) is 0 Å². The highest BCUT2D eigenvalue weighted by atomic mass is 16.2. The second kappa shape index (κ2) is 10.9. The second-order valence-corrected chi connectivity index (χ2v) is 9.61. The van der Waals surface area contributed by atoms with E-state index in [9.17, 15) is 4.79 Å². The molecule has 0 saturated heterocycles. The van der Waals surface area contributed by atoms with Gasteiger partial charge in [0.2, 0.25) is 5.95 Å². The molecule has 178 valence electrons. The fourth-order valence-electron chi connectivity index (χ4n) is 5.06. The molecule has 0 unspecified atom stereocenters. The number of benzene rings is 1. The molecule has 7 heteroatoms. The van der Waals surface area contributed by atoms with Crippen LogP contribution in [0.15, 0.2) is 24.3 Å². The van der Waals surface area contributed by atoms with Crippen LogP contribution in [0.2, 0.25) is 0 Å². The van der Waals surface area contributed by atoms with E-state index in [2.05, 4.69) is 47.9 Å².